The number of rotatable bonds is 12. The van der Waals surface area contributed by atoms with Crippen molar-refractivity contribution >= 4 is 29.9 Å². The molecule has 1 amide bonds. The molecule has 0 aromatic carbocycles. The number of amides is 1. The van der Waals surface area contributed by atoms with Gasteiger partial charge >= 0.3 is 12.1 Å². The molecule has 0 saturated carbocycles. The number of aryl methyl sites for hydroxylation is 1. The van der Waals surface area contributed by atoms with E-state index in [-0.39, 0.29) is 30.5 Å². The minimum absolute atomic E-state index is 0.0170. The number of cyclic esters (lactones) is 1. The van der Waals surface area contributed by atoms with Crippen LogP contribution in [0, 0.1) is 23.7 Å². The summed E-state index contributed by atoms with van der Waals surface area (Å²) in [6, 6.07) is 4.23. The predicted octanol–water partition coefficient (Wildman–Crippen LogP) is 3.48. The molecular formula is C42H66N8O9. The third-order valence-electron chi connectivity index (χ3n) is 12.5. The van der Waals surface area contributed by atoms with E-state index in [9.17, 15) is 24.3 Å². The Morgan fingerprint density at radius 2 is 1.81 bits per heavy atom. The number of hydrogen-bond donors (Lipinski definition) is 3. The number of likely N-dealkylation sites (N-methyl/N-ethyl adjacent to an activating group) is 1. The minimum Gasteiger partial charge on any atom is -0.458 e. The number of esters is 1. The maximum Gasteiger partial charge on any atom is 0.410 e. The Balaban J connectivity index is 1.37. The third-order valence-corrected chi connectivity index (χ3v) is 12.5. The highest BCUT2D eigenvalue weighted by Gasteiger charge is 2.58. The summed E-state index contributed by atoms with van der Waals surface area (Å²) in [6.45, 7) is 14.3. The number of aliphatic hydroxyl groups is 1. The molecule has 328 valence electrons. The van der Waals surface area contributed by atoms with Crippen LogP contribution in [0.1, 0.15) is 87.0 Å². The summed E-state index contributed by atoms with van der Waals surface area (Å²) in [5.41, 5.74) is 5.83. The van der Waals surface area contributed by atoms with Gasteiger partial charge in [-0.15, -0.1) is 5.10 Å². The molecule has 17 nitrogen and oxygen atoms in total. The summed E-state index contributed by atoms with van der Waals surface area (Å²) in [5.74, 6) is -3.29. The first-order chi connectivity index (χ1) is 28.0. The summed E-state index contributed by atoms with van der Waals surface area (Å²) >= 11 is 0. The van der Waals surface area contributed by atoms with Crippen molar-refractivity contribution in [2.45, 2.75) is 148 Å². The summed E-state index contributed by atoms with van der Waals surface area (Å²) in [5, 5.41) is 23.5. The van der Waals surface area contributed by atoms with Gasteiger partial charge in [0.15, 0.2) is 17.7 Å². The Morgan fingerprint density at radius 3 is 2.49 bits per heavy atom. The van der Waals surface area contributed by atoms with E-state index >= 15 is 0 Å². The number of carbonyl (C=O) groups excluding carboxylic acids is 4. The summed E-state index contributed by atoms with van der Waals surface area (Å²) in [4.78, 5) is 62.2. The van der Waals surface area contributed by atoms with E-state index < -0.39 is 71.8 Å². The number of nitrogen functional groups attached to an aromatic ring is 1. The van der Waals surface area contributed by atoms with E-state index in [1.165, 1.54) is 6.92 Å². The normalized spacial score (nSPS) is 35.1. The van der Waals surface area contributed by atoms with Gasteiger partial charge in [-0.1, -0.05) is 32.1 Å². The number of nitrogens with one attached hydrogen (secondary N) is 1. The van der Waals surface area contributed by atoms with Crippen molar-refractivity contribution in [2.24, 2.45) is 23.7 Å². The van der Waals surface area contributed by atoms with Crippen molar-refractivity contribution < 1.29 is 43.2 Å². The molecule has 0 aliphatic carbocycles. The number of aliphatic hydroxyl groups excluding tert-OH is 1. The number of aldehydes is 1. The van der Waals surface area contributed by atoms with Crippen molar-refractivity contribution in [2.75, 3.05) is 32.9 Å². The van der Waals surface area contributed by atoms with Crippen LogP contribution in [0.15, 0.2) is 24.4 Å². The molecule has 5 heterocycles. The molecule has 0 radical (unpaired) electrons. The molecule has 4 N–H and O–H groups in total. The molecular weight excluding hydrogens is 761 g/mol. The van der Waals surface area contributed by atoms with Crippen LogP contribution in [-0.4, -0.2) is 141 Å². The zero-order chi connectivity index (χ0) is 43.2. The number of unbranched alkanes of at least 4 members (excludes halogenated alkanes) is 1. The topological polar surface area (TPSA) is 214 Å². The first kappa shape index (κ1) is 46.0. The standard InChI is InChI=1S/C42H66N8O9/c1-10-33-42(7)38(50(41(55)59-42)18-12-11-17-49-23-31(46-47-49)30-14-13-15-34(43)45-30)28(6)44-22-24(2)20-29(16-19-51)37(26(4)35(52)27(5)39(54)57-33)58-40-36(53)32(48(8)9)21-25(3)56-40/h13-15,19,23-29,32-33,36-38,40,44,53H,10-12,16-18,20-22H2,1-9H3,(H2,43,45)/t24-,25-,26+,27-,28-,29+,32?,33-,36?,37-,38-,40+,42-/m1/s1. The van der Waals surface area contributed by atoms with Gasteiger partial charge in [0.1, 0.15) is 35.9 Å². The zero-order valence-electron chi connectivity index (χ0n) is 36.2. The van der Waals surface area contributed by atoms with Crippen molar-refractivity contribution in [3.05, 3.63) is 24.4 Å². The molecule has 2 aromatic heterocycles. The van der Waals surface area contributed by atoms with Gasteiger partial charge in [-0.3, -0.25) is 19.2 Å². The number of anilines is 1. The fourth-order valence-corrected chi connectivity index (χ4v) is 9.21. The molecule has 0 spiro atoms. The van der Waals surface area contributed by atoms with Gasteiger partial charge in [-0.05, 0) is 104 Å². The first-order valence-corrected chi connectivity index (χ1v) is 21.2. The van der Waals surface area contributed by atoms with Crippen LogP contribution in [0.5, 0.6) is 0 Å². The SMILES string of the molecule is CC[C@H]1OC(=O)[C@H](C)C(=O)[C@H](C)[C@@H](O[C@@H]2O[C@H](C)CC(N(C)C)C2O)[C@@H](CC=O)C[C@@H](C)CN[C@H](C)[C@H]2N(CCCCn3cc(-c4cccc(N)n4)nn3)C(=O)O[C@]12C. The van der Waals surface area contributed by atoms with Crippen LogP contribution in [0.4, 0.5) is 10.6 Å². The van der Waals surface area contributed by atoms with Crippen LogP contribution in [-0.2, 0) is 39.9 Å². The number of aromatic nitrogens is 4. The summed E-state index contributed by atoms with van der Waals surface area (Å²) in [6.07, 6.45) is 0.923. The number of Topliss-reactive ketones (excluding diaryl/α,β-unsaturated/α-hetero) is 1. The van der Waals surface area contributed by atoms with Gasteiger partial charge < -0.3 is 44.8 Å². The van der Waals surface area contributed by atoms with Crippen LogP contribution >= 0.6 is 0 Å². The minimum atomic E-state index is -1.25. The second-order valence-electron chi connectivity index (χ2n) is 17.3. The lowest BCUT2D eigenvalue weighted by molar-refractivity contribution is -0.278. The maximum atomic E-state index is 14.3. The van der Waals surface area contributed by atoms with Crippen molar-refractivity contribution in [3.63, 3.8) is 0 Å². The molecule has 3 saturated heterocycles. The summed E-state index contributed by atoms with van der Waals surface area (Å²) in [7, 11) is 3.77. The Bertz CT molecular complexity index is 1740. The number of ether oxygens (including phenoxy) is 4. The van der Waals surface area contributed by atoms with Gasteiger partial charge in [0.2, 0.25) is 0 Å². The highest BCUT2D eigenvalue weighted by molar-refractivity contribution is 6.00. The van der Waals surface area contributed by atoms with E-state index in [4.69, 9.17) is 24.7 Å². The fraction of sp³-hybridized carbons (Fsp3) is 0.738. The largest absolute Gasteiger partial charge is 0.458 e. The van der Waals surface area contributed by atoms with Crippen LogP contribution < -0.4 is 11.1 Å². The second kappa shape index (κ2) is 20.0. The lowest BCUT2D eigenvalue weighted by Gasteiger charge is -2.44. The molecule has 17 heteroatoms. The molecule has 2 aromatic rings. The maximum absolute atomic E-state index is 14.3. The van der Waals surface area contributed by atoms with Crippen LogP contribution in [0.25, 0.3) is 11.4 Å². The number of nitrogens with zero attached hydrogens (tertiary/aromatic N) is 6. The Morgan fingerprint density at radius 1 is 1.08 bits per heavy atom. The average molecular weight is 827 g/mol. The second-order valence-corrected chi connectivity index (χ2v) is 17.3. The zero-order valence-corrected chi connectivity index (χ0v) is 36.2. The Labute approximate surface area is 348 Å². The lowest BCUT2D eigenvalue weighted by atomic mass is 9.79. The smallest absolute Gasteiger partial charge is 0.410 e. The first-order valence-electron chi connectivity index (χ1n) is 21.2. The van der Waals surface area contributed by atoms with E-state index in [1.54, 1.807) is 29.5 Å². The van der Waals surface area contributed by atoms with Gasteiger partial charge in [-0.2, -0.15) is 0 Å². The van der Waals surface area contributed by atoms with Gasteiger partial charge in [0.05, 0.1) is 30.1 Å². The fourth-order valence-electron chi connectivity index (χ4n) is 9.21. The highest BCUT2D eigenvalue weighted by atomic mass is 16.7. The van der Waals surface area contributed by atoms with Crippen LogP contribution in [0.3, 0.4) is 0 Å². The highest BCUT2D eigenvalue weighted by Crippen LogP contribution is 2.39. The molecule has 2 unspecified atom stereocenters. The number of fused-ring (bicyclic) bond motifs is 1. The molecule has 5 rings (SSSR count). The number of nitrogens with two attached hydrogens (primary N) is 1. The third kappa shape index (κ3) is 10.7. The molecule has 3 aliphatic rings. The number of carbonyl (C=O) groups is 4. The Kier molecular flexibility index (Phi) is 15.6. The number of ketones is 1. The van der Waals surface area contributed by atoms with Gasteiger partial charge in [0.25, 0.3) is 0 Å². The molecule has 59 heavy (non-hydrogen) atoms. The van der Waals surface area contributed by atoms with Gasteiger partial charge in [0, 0.05) is 37.5 Å². The monoisotopic (exact) mass is 826 g/mol. The molecule has 3 fully saturated rings. The van der Waals surface area contributed by atoms with Crippen molar-refractivity contribution in [1.82, 2.24) is 35.1 Å². The summed E-state index contributed by atoms with van der Waals surface area (Å²) < 4.78 is 26.8. The Hall–Kier alpha value is -4.03. The van der Waals surface area contributed by atoms with E-state index in [1.807, 2.05) is 58.1 Å². The molecule has 13 atom stereocenters. The van der Waals surface area contributed by atoms with Crippen molar-refractivity contribution in [1.29, 1.82) is 0 Å². The van der Waals surface area contributed by atoms with E-state index in [0.29, 0.717) is 68.9 Å². The van der Waals surface area contributed by atoms with Crippen LogP contribution in [0.2, 0.25) is 0 Å². The quantitative estimate of drug-likeness (QED) is 0.121. The van der Waals surface area contributed by atoms with Gasteiger partial charge in [-0.25, -0.2) is 9.78 Å². The number of hydrogen-bond acceptors (Lipinski definition) is 15. The molecule has 0 bridgehead atoms. The van der Waals surface area contributed by atoms with E-state index in [2.05, 4.69) is 27.5 Å². The van der Waals surface area contributed by atoms with Crippen molar-refractivity contribution in [3.8, 4) is 11.4 Å². The lowest BCUT2D eigenvalue weighted by Crippen LogP contribution is -2.60. The molecule has 3 aliphatic heterocycles. The number of pyridine rings is 1. The predicted molar refractivity (Wildman–Crippen MR) is 219 cm³/mol. The van der Waals surface area contributed by atoms with E-state index in [0.717, 1.165) is 6.29 Å². The average Bonchev–Trinajstić information content (AvgIpc) is 3.77.